The van der Waals surface area contributed by atoms with Crippen LogP contribution in [0.1, 0.15) is 30.9 Å². The lowest BCUT2D eigenvalue weighted by Gasteiger charge is -2.29. The van der Waals surface area contributed by atoms with Gasteiger partial charge in [0.15, 0.2) is 0 Å². The summed E-state index contributed by atoms with van der Waals surface area (Å²) in [7, 11) is 0. The Hall–Kier alpha value is -1.95. The first kappa shape index (κ1) is 14.0. The molecule has 3 heterocycles. The van der Waals surface area contributed by atoms with Crippen molar-refractivity contribution in [2.45, 2.75) is 31.4 Å². The molecule has 21 heavy (non-hydrogen) atoms. The molecule has 2 saturated heterocycles. The Morgan fingerprint density at radius 2 is 2.38 bits per heavy atom. The Bertz CT molecular complexity index is 528. The van der Waals surface area contributed by atoms with E-state index < -0.39 is 17.9 Å². The molecule has 0 bridgehead atoms. The smallest absolute Gasteiger partial charge is 0.309 e. The molecule has 0 aliphatic carbocycles. The predicted molar refractivity (Wildman–Crippen MR) is 73.4 cm³/mol. The van der Waals surface area contributed by atoms with Gasteiger partial charge >= 0.3 is 5.97 Å². The Morgan fingerprint density at radius 3 is 3.00 bits per heavy atom. The van der Waals surface area contributed by atoms with Crippen molar-refractivity contribution in [3.05, 3.63) is 30.1 Å². The van der Waals surface area contributed by atoms with Crippen molar-refractivity contribution in [2.75, 3.05) is 13.2 Å². The third-order valence-corrected chi connectivity index (χ3v) is 4.20. The summed E-state index contributed by atoms with van der Waals surface area (Å²) in [6.45, 7) is 1.18. The first-order valence-corrected chi connectivity index (χ1v) is 7.20. The monoisotopic (exact) mass is 290 g/mol. The standard InChI is InChI=1S/C15H18N2O4/c18-13-7-12(15(19)20)14(10-3-1-5-16-8-10)17(13)9-11-4-2-6-21-11/h1,3,5,8,11-12,14H,2,4,6-7,9H2,(H,19,20)/t11-,12-,14+/m1/s1. The molecule has 0 spiro atoms. The van der Waals surface area contributed by atoms with E-state index in [1.54, 1.807) is 23.4 Å². The molecule has 2 aliphatic rings. The van der Waals surface area contributed by atoms with Gasteiger partial charge in [-0.05, 0) is 24.5 Å². The Kier molecular flexibility index (Phi) is 3.88. The summed E-state index contributed by atoms with van der Waals surface area (Å²) in [5.41, 5.74) is 0.772. The maximum atomic E-state index is 12.2. The predicted octanol–water partition coefficient (Wildman–Crippen LogP) is 1.23. The third-order valence-electron chi connectivity index (χ3n) is 4.20. The highest BCUT2D eigenvalue weighted by Crippen LogP contribution is 2.38. The second-order valence-corrected chi connectivity index (χ2v) is 5.56. The topological polar surface area (TPSA) is 79.7 Å². The minimum absolute atomic E-state index is 0.0145. The van der Waals surface area contributed by atoms with Crippen molar-refractivity contribution < 1.29 is 19.4 Å². The number of pyridine rings is 1. The largest absolute Gasteiger partial charge is 0.481 e. The summed E-state index contributed by atoms with van der Waals surface area (Å²) in [6.07, 6.45) is 5.25. The number of aliphatic carboxylic acids is 1. The van der Waals surface area contributed by atoms with Crippen LogP contribution in [-0.4, -0.2) is 46.1 Å². The normalized spacial score (nSPS) is 29.0. The van der Waals surface area contributed by atoms with Gasteiger partial charge in [0.1, 0.15) is 0 Å². The second-order valence-electron chi connectivity index (χ2n) is 5.56. The van der Waals surface area contributed by atoms with Crippen LogP contribution in [0.5, 0.6) is 0 Å². The molecular weight excluding hydrogens is 272 g/mol. The molecule has 1 aromatic heterocycles. The fourth-order valence-electron chi connectivity index (χ4n) is 3.20. The van der Waals surface area contributed by atoms with Crippen LogP contribution in [-0.2, 0) is 14.3 Å². The van der Waals surface area contributed by atoms with E-state index in [-0.39, 0.29) is 18.4 Å². The van der Waals surface area contributed by atoms with E-state index in [0.717, 1.165) is 18.4 Å². The molecule has 0 saturated carbocycles. The highest BCUT2D eigenvalue weighted by Gasteiger charge is 2.45. The second kappa shape index (κ2) is 5.81. The number of hydrogen-bond acceptors (Lipinski definition) is 4. The van der Waals surface area contributed by atoms with Gasteiger partial charge in [-0.3, -0.25) is 14.6 Å². The van der Waals surface area contributed by atoms with Crippen molar-refractivity contribution in [1.29, 1.82) is 0 Å². The molecule has 0 unspecified atom stereocenters. The number of carboxylic acid groups (broad SMARTS) is 1. The highest BCUT2D eigenvalue weighted by atomic mass is 16.5. The number of likely N-dealkylation sites (tertiary alicyclic amines) is 1. The summed E-state index contributed by atoms with van der Waals surface area (Å²) in [6, 6.07) is 3.14. The average Bonchev–Trinajstić information content (AvgIpc) is 3.09. The zero-order valence-corrected chi connectivity index (χ0v) is 11.6. The van der Waals surface area contributed by atoms with Gasteiger partial charge in [0.2, 0.25) is 5.91 Å². The summed E-state index contributed by atoms with van der Waals surface area (Å²) >= 11 is 0. The number of aromatic nitrogens is 1. The molecule has 0 aromatic carbocycles. The number of hydrogen-bond donors (Lipinski definition) is 1. The van der Waals surface area contributed by atoms with Crippen LogP contribution in [0.25, 0.3) is 0 Å². The zero-order valence-electron chi connectivity index (χ0n) is 11.6. The molecule has 2 aliphatic heterocycles. The van der Waals surface area contributed by atoms with Gasteiger partial charge in [-0.2, -0.15) is 0 Å². The molecule has 1 N–H and O–H groups in total. The Balaban J connectivity index is 1.87. The number of rotatable bonds is 4. The number of amides is 1. The van der Waals surface area contributed by atoms with Crippen LogP contribution >= 0.6 is 0 Å². The molecule has 3 atom stereocenters. The molecular formula is C15H18N2O4. The average molecular weight is 290 g/mol. The van der Waals surface area contributed by atoms with Gasteiger partial charge in [0.05, 0.1) is 18.1 Å². The number of carbonyl (C=O) groups is 2. The summed E-state index contributed by atoms with van der Waals surface area (Å²) in [5, 5.41) is 9.41. The van der Waals surface area contributed by atoms with E-state index in [0.29, 0.717) is 13.2 Å². The van der Waals surface area contributed by atoms with Gasteiger partial charge in [0, 0.05) is 32.0 Å². The van der Waals surface area contributed by atoms with E-state index in [1.165, 1.54) is 0 Å². The van der Waals surface area contributed by atoms with Crippen molar-refractivity contribution in [1.82, 2.24) is 9.88 Å². The fourth-order valence-corrected chi connectivity index (χ4v) is 3.20. The number of carbonyl (C=O) groups excluding carboxylic acids is 1. The summed E-state index contributed by atoms with van der Waals surface area (Å²) in [5.74, 6) is -1.78. The van der Waals surface area contributed by atoms with Gasteiger partial charge in [-0.25, -0.2) is 0 Å². The highest BCUT2D eigenvalue weighted by molar-refractivity contribution is 5.87. The number of carboxylic acids is 1. The first-order chi connectivity index (χ1) is 10.2. The number of ether oxygens (including phenoxy) is 1. The van der Waals surface area contributed by atoms with E-state index in [4.69, 9.17) is 4.74 Å². The van der Waals surface area contributed by atoms with Crippen LogP contribution in [0.2, 0.25) is 0 Å². The molecule has 2 fully saturated rings. The van der Waals surface area contributed by atoms with Crippen LogP contribution in [0.4, 0.5) is 0 Å². The lowest BCUT2D eigenvalue weighted by molar-refractivity contribution is -0.142. The summed E-state index contributed by atoms with van der Waals surface area (Å²) in [4.78, 5) is 29.4. The van der Waals surface area contributed by atoms with Crippen molar-refractivity contribution in [2.24, 2.45) is 5.92 Å². The number of nitrogens with zero attached hydrogens (tertiary/aromatic N) is 2. The van der Waals surface area contributed by atoms with Crippen molar-refractivity contribution in [3.63, 3.8) is 0 Å². The van der Waals surface area contributed by atoms with E-state index in [9.17, 15) is 14.7 Å². The van der Waals surface area contributed by atoms with Crippen LogP contribution in [0.3, 0.4) is 0 Å². The van der Waals surface area contributed by atoms with Gasteiger partial charge in [0.25, 0.3) is 0 Å². The fraction of sp³-hybridized carbons (Fsp3) is 0.533. The molecule has 1 aromatic rings. The van der Waals surface area contributed by atoms with E-state index in [1.807, 2.05) is 6.07 Å². The quantitative estimate of drug-likeness (QED) is 0.902. The molecule has 3 rings (SSSR count). The maximum Gasteiger partial charge on any atom is 0.309 e. The van der Waals surface area contributed by atoms with Crippen LogP contribution in [0, 0.1) is 5.92 Å². The minimum atomic E-state index is -0.938. The summed E-state index contributed by atoms with van der Waals surface area (Å²) < 4.78 is 5.59. The molecule has 6 heteroatoms. The van der Waals surface area contributed by atoms with E-state index >= 15 is 0 Å². The van der Waals surface area contributed by atoms with E-state index in [2.05, 4.69) is 4.98 Å². The maximum absolute atomic E-state index is 12.2. The van der Waals surface area contributed by atoms with Crippen LogP contribution < -0.4 is 0 Å². The van der Waals surface area contributed by atoms with Crippen molar-refractivity contribution >= 4 is 11.9 Å². The van der Waals surface area contributed by atoms with Gasteiger partial charge < -0.3 is 14.7 Å². The zero-order chi connectivity index (χ0) is 14.8. The molecule has 0 radical (unpaired) electrons. The first-order valence-electron chi connectivity index (χ1n) is 7.20. The third kappa shape index (κ3) is 2.76. The molecule has 6 nitrogen and oxygen atoms in total. The van der Waals surface area contributed by atoms with Crippen molar-refractivity contribution in [3.8, 4) is 0 Å². The molecule has 112 valence electrons. The van der Waals surface area contributed by atoms with Crippen LogP contribution in [0.15, 0.2) is 24.5 Å². The Morgan fingerprint density at radius 1 is 1.52 bits per heavy atom. The lowest BCUT2D eigenvalue weighted by atomic mass is 9.94. The van der Waals surface area contributed by atoms with Gasteiger partial charge in [-0.1, -0.05) is 6.07 Å². The SMILES string of the molecule is O=C(O)[C@@H]1CC(=O)N(C[C@H]2CCCO2)[C@H]1c1cccnc1. The minimum Gasteiger partial charge on any atom is -0.481 e. The van der Waals surface area contributed by atoms with Gasteiger partial charge in [-0.15, -0.1) is 0 Å². The molecule has 1 amide bonds. The lowest BCUT2D eigenvalue weighted by Crippen LogP contribution is -2.36. The Labute approximate surface area is 122 Å².